The fourth-order valence-corrected chi connectivity index (χ4v) is 2.38. The van der Waals surface area contributed by atoms with Gasteiger partial charge in [-0.1, -0.05) is 50.2 Å². The van der Waals surface area contributed by atoms with Crippen molar-refractivity contribution < 1.29 is 8.78 Å². The Morgan fingerprint density at radius 1 is 0.952 bits per heavy atom. The zero-order valence-electron chi connectivity index (χ0n) is 12.4. The molecule has 0 saturated heterocycles. The maximum Gasteiger partial charge on any atom is 0.159 e. The minimum absolute atomic E-state index is 0.208. The topological polar surface area (TPSA) is 12.0 Å². The summed E-state index contributed by atoms with van der Waals surface area (Å²) in [6, 6.07) is 14.4. The van der Waals surface area contributed by atoms with Gasteiger partial charge in [0.25, 0.3) is 0 Å². The van der Waals surface area contributed by atoms with Gasteiger partial charge in [0.15, 0.2) is 11.6 Å². The van der Waals surface area contributed by atoms with Gasteiger partial charge < -0.3 is 5.32 Å². The van der Waals surface area contributed by atoms with E-state index >= 15 is 0 Å². The lowest BCUT2D eigenvalue weighted by Crippen LogP contribution is -2.22. The molecule has 0 radical (unpaired) electrons. The molecule has 0 amide bonds. The van der Waals surface area contributed by atoms with Gasteiger partial charge in [-0.3, -0.25) is 0 Å². The summed E-state index contributed by atoms with van der Waals surface area (Å²) >= 11 is 0. The number of hydrogen-bond donors (Lipinski definition) is 1. The average molecular weight is 289 g/mol. The van der Waals surface area contributed by atoms with Crippen LogP contribution in [0.1, 0.15) is 37.4 Å². The van der Waals surface area contributed by atoms with Crippen molar-refractivity contribution in [2.45, 2.75) is 32.9 Å². The Kier molecular flexibility index (Phi) is 5.45. The maximum absolute atomic E-state index is 13.2. The van der Waals surface area contributed by atoms with Gasteiger partial charge in [0, 0.05) is 12.6 Å². The molecule has 0 saturated carbocycles. The molecule has 0 aliphatic rings. The molecule has 2 aromatic carbocycles. The third-order valence-electron chi connectivity index (χ3n) is 3.45. The van der Waals surface area contributed by atoms with E-state index in [9.17, 15) is 8.78 Å². The zero-order chi connectivity index (χ0) is 15.2. The molecule has 0 spiro atoms. The van der Waals surface area contributed by atoms with Crippen LogP contribution in [0.25, 0.3) is 0 Å². The van der Waals surface area contributed by atoms with Crippen molar-refractivity contribution in [3.63, 3.8) is 0 Å². The summed E-state index contributed by atoms with van der Waals surface area (Å²) in [6.45, 7) is 4.87. The molecule has 112 valence electrons. The van der Waals surface area contributed by atoms with Crippen LogP contribution in [0.4, 0.5) is 8.78 Å². The lowest BCUT2D eigenvalue weighted by molar-refractivity contribution is 0.427. The van der Waals surface area contributed by atoms with E-state index in [-0.39, 0.29) is 6.04 Å². The van der Waals surface area contributed by atoms with Crippen LogP contribution in [0.15, 0.2) is 48.5 Å². The fraction of sp³-hybridized carbons (Fsp3) is 0.333. The first-order valence-electron chi connectivity index (χ1n) is 7.28. The smallest absolute Gasteiger partial charge is 0.159 e. The number of benzene rings is 2. The molecule has 3 heteroatoms. The largest absolute Gasteiger partial charge is 0.306 e. The van der Waals surface area contributed by atoms with Crippen LogP contribution in [0.2, 0.25) is 0 Å². The highest BCUT2D eigenvalue weighted by molar-refractivity contribution is 5.21. The first-order valence-corrected chi connectivity index (χ1v) is 7.28. The predicted octanol–water partition coefficient (Wildman–Crippen LogP) is 4.84. The molecular weight excluding hydrogens is 268 g/mol. The second-order valence-electron chi connectivity index (χ2n) is 5.72. The third-order valence-corrected chi connectivity index (χ3v) is 3.45. The lowest BCUT2D eigenvalue weighted by atomic mass is 9.97. The first kappa shape index (κ1) is 15.6. The number of hydrogen-bond acceptors (Lipinski definition) is 1. The molecule has 0 aliphatic carbocycles. The second-order valence-corrected chi connectivity index (χ2v) is 5.72. The van der Waals surface area contributed by atoms with Gasteiger partial charge >= 0.3 is 0 Å². The highest BCUT2D eigenvalue weighted by Gasteiger charge is 2.13. The van der Waals surface area contributed by atoms with Gasteiger partial charge in [-0.15, -0.1) is 0 Å². The molecule has 2 rings (SSSR count). The molecule has 1 atom stereocenters. The van der Waals surface area contributed by atoms with Crippen LogP contribution >= 0.6 is 0 Å². The first-order chi connectivity index (χ1) is 10.1. The van der Waals surface area contributed by atoms with Crippen LogP contribution < -0.4 is 5.32 Å². The van der Waals surface area contributed by atoms with Crippen molar-refractivity contribution >= 4 is 0 Å². The highest BCUT2D eigenvalue weighted by atomic mass is 19.2. The Morgan fingerprint density at radius 2 is 1.67 bits per heavy atom. The minimum Gasteiger partial charge on any atom is -0.306 e. The summed E-state index contributed by atoms with van der Waals surface area (Å²) in [5, 5.41) is 3.44. The number of nitrogens with one attached hydrogen (secondary N) is 1. The zero-order valence-corrected chi connectivity index (χ0v) is 12.4. The van der Waals surface area contributed by atoms with Crippen molar-refractivity contribution in [3.8, 4) is 0 Å². The third kappa shape index (κ3) is 4.64. The van der Waals surface area contributed by atoms with E-state index in [1.165, 1.54) is 17.7 Å². The molecule has 1 N–H and O–H groups in total. The maximum atomic E-state index is 13.2. The summed E-state index contributed by atoms with van der Waals surface area (Å²) in [5.74, 6) is -1.05. The van der Waals surface area contributed by atoms with E-state index in [1.807, 2.05) is 18.2 Å². The normalized spacial score (nSPS) is 12.6. The average Bonchev–Trinajstić information content (AvgIpc) is 2.47. The van der Waals surface area contributed by atoms with Gasteiger partial charge in [0.1, 0.15) is 0 Å². The van der Waals surface area contributed by atoms with Crippen molar-refractivity contribution in [1.82, 2.24) is 5.32 Å². The summed E-state index contributed by atoms with van der Waals surface area (Å²) in [4.78, 5) is 0. The monoisotopic (exact) mass is 289 g/mol. The van der Waals surface area contributed by atoms with Crippen LogP contribution in [-0.4, -0.2) is 0 Å². The summed E-state index contributed by atoms with van der Waals surface area (Å²) < 4.78 is 26.2. The van der Waals surface area contributed by atoms with E-state index in [2.05, 4.69) is 31.3 Å². The second kappa shape index (κ2) is 7.32. The molecule has 0 heterocycles. The van der Waals surface area contributed by atoms with Crippen LogP contribution in [0, 0.1) is 17.6 Å². The molecule has 2 aromatic rings. The van der Waals surface area contributed by atoms with Crippen LogP contribution in [0.3, 0.4) is 0 Å². The van der Waals surface area contributed by atoms with Crippen molar-refractivity contribution in [3.05, 3.63) is 71.3 Å². The van der Waals surface area contributed by atoms with E-state index in [0.717, 1.165) is 12.0 Å². The summed E-state index contributed by atoms with van der Waals surface area (Å²) in [5.41, 5.74) is 1.97. The molecule has 0 fully saturated rings. The van der Waals surface area contributed by atoms with E-state index in [0.29, 0.717) is 12.5 Å². The lowest BCUT2D eigenvalue weighted by Gasteiger charge is -2.21. The highest BCUT2D eigenvalue weighted by Crippen LogP contribution is 2.21. The van der Waals surface area contributed by atoms with Gasteiger partial charge in [-0.2, -0.15) is 0 Å². The predicted molar refractivity (Wildman–Crippen MR) is 81.8 cm³/mol. The van der Waals surface area contributed by atoms with Gasteiger partial charge in [-0.25, -0.2) is 8.78 Å². The molecule has 21 heavy (non-hydrogen) atoms. The SMILES string of the molecule is CC(C)CC(NCc1ccc(F)c(F)c1)c1ccccc1. The van der Waals surface area contributed by atoms with Gasteiger partial charge in [-0.05, 0) is 35.6 Å². The molecule has 1 nitrogen and oxygen atoms in total. The summed E-state index contributed by atoms with van der Waals surface area (Å²) in [6.07, 6.45) is 0.994. The van der Waals surface area contributed by atoms with E-state index in [1.54, 1.807) is 6.07 Å². The van der Waals surface area contributed by atoms with Crippen LogP contribution in [-0.2, 0) is 6.54 Å². The standard InChI is InChI=1S/C18H21F2N/c1-13(2)10-18(15-6-4-3-5-7-15)21-12-14-8-9-16(19)17(20)11-14/h3-9,11,13,18,21H,10,12H2,1-2H3. The Hall–Kier alpha value is -1.74. The molecule has 1 unspecified atom stereocenters. The molecule has 0 aliphatic heterocycles. The van der Waals surface area contributed by atoms with Crippen LogP contribution in [0.5, 0.6) is 0 Å². The molecule has 0 aromatic heterocycles. The Balaban J connectivity index is 2.07. The van der Waals surface area contributed by atoms with Crippen molar-refractivity contribution in [2.24, 2.45) is 5.92 Å². The quantitative estimate of drug-likeness (QED) is 0.802. The Bertz CT molecular complexity index is 567. The summed E-state index contributed by atoms with van der Waals surface area (Å²) in [7, 11) is 0. The van der Waals surface area contributed by atoms with E-state index < -0.39 is 11.6 Å². The Labute approximate surface area is 125 Å². The van der Waals surface area contributed by atoms with Crippen molar-refractivity contribution in [1.29, 1.82) is 0 Å². The van der Waals surface area contributed by atoms with E-state index in [4.69, 9.17) is 0 Å². The minimum atomic E-state index is -0.805. The Morgan fingerprint density at radius 3 is 2.29 bits per heavy atom. The molecular formula is C18H21F2N. The number of rotatable bonds is 6. The fourth-order valence-electron chi connectivity index (χ4n) is 2.38. The van der Waals surface area contributed by atoms with Gasteiger partial charge in [0.05, 0.1) is 0 Å². The molecule has 0 bridgehead atoms. The van der Waals surface area contributed by atoms with Gasteiger partial charge in [0.2, 0.25) is 0 Å². The number of halogens is 2. The van der Waals surface area contributed by atoms with Crippen molar-refractivity contribution in [2.75, 3.05) is 0 Å².